The smallest absolute Gasteiger partial charge is 0.431 e. The summed E-state index contributed by atoms with van der Waals surface area (Å²) in [6.45, 7) is 7.02. The van der Waals surface area contributed by atoms with Crippen LogP contribution in [0.25, 0.3) is 0 Å². The summed E-state index contributed by atoms with van der Waals surface area (Å²) in [6, 6.07) is 7.72. The average Bonchev–Trinajstić information content (AvgIpc) is 3.31. The van der Waals surface area contributed by atoms with Crippen molar-refractivity contribution in [3.8, 4) is 11.5 Å². The van der Waals surface area contributed by atoms with E-state index >= 15 is 0 Å². The number of alkyl halides is 3. The number of hydrogen-bond donors (Lipinski definition) is 2. The Kier molecular flexibility index (Phi) is 11.9. The molecule has 4 rings (SSSR count). The summed E-state index contributed by atoms with van der Waals surface area (Å²) in [5.74, 6) is 1.64. The van der Waals surface area contributed by atoms with Gasteiger partial charge >= 0.3 is 12.3 Å². The van der Waals surface area contributed by atoms with E-state index in [1.54, 1.807) is 40.0 Å². The van der Waals surface area contributed by atoms with Crippen molar-refractivity contribution in [2.45, 2.75) is 62.0 Å². The summed E-state index contributed by atoms with van der Waals surface area (Å²) in [4.78, 5) is 38.8. The molecule has 0 aliphatic carbocycles. The number of alkyl carbamates (subject to hydrolysis) is 1. The van der Waals surface area contributed by atoms with Crippen LogP contribution in [0.4, 0.5) is 18.0 Å². The molecule has 1 amide bonds. The molecule has 0 fully saturated rings. The van der Waals surface area contributed by atoms with Gasteiger partial charge in [-0.3, -0.25) is 14.5 Å². The first-order valence-electron chi connectivity index (χ1n) is 13.3. The van der Waals surface area contributed by atoms with E-state index in [-0.39, 0.29) is 32.7 Å². The normalized spacial score (nSPS) is 13.0. The summed E-state index contributed by atoms with van der Waals surface area (Å²) in [7, 11) is 5.45. The molecule has 0 unspecified atom stereocenters. The van der Waals surface area contributed by atoms with Gasteiger partial charge < -0.3 is 24.5 Å². The molecule has 1 aliphatic rings. The molecule has 2 N–H and O–H groups in total. The molecule has 0 saturated carbocycles. The standard InChI is InChI=1S/C19H17Cl2F3N2O4S.C11H15NO2/c1-18(2,3)30-17(29)25-7-9-4-5-11(20)15(14(9)21)31-12-6-13(19(22,23)24)26-16(28)10(12)8-27;1-12-6-8-4-10(13-2)11(14-3)5-9(8)7-12/h4-6,8H,7H2,1-3H3,(H,25,29)(H,26,28);4-5H,6-7H2,1-3H3. The Labute approximate surface area is 272 Å². The molecule has 0 radical (unpaired) electrons. The molecular formula is C30H32Cl2F3N3O6S. The van der Waals surface area contributed by atoms with Crippen molar-refractivity contribution in [3.63, 3.8) is 0 Å². The lowest BCUT2D eigenvalue weighted by molar-refractivity contribution is -0.141. The number of hydrogen-bond acceptors (Lipinski definition) is 8. The Hall–Kier alpha value is -3.39. The zero-order chi connectivity index (χ0) is 33.7. The maximum atomic E-state index is 13.1. The number of carbonyl (C=O) groups excluding carboxylic acids is 2. The van der Waals surface area contributed by atoms with Crippen molar-refractivity contribution < 1.29 is 37.0 Å². The van der Waals surface area contributed by atoms with Crippen LogP contribution in [-0.2, 0) is 30.5 Å². The Balaban J connectivity index is 0.000000325. The number of fused-ring (bicyclic) bond motifs is 1. The molecule has 1 aliphatic heterocycles. The van der Waals surface area contributed by atoms with Crippen LogP contribution in [0.15, 0.2) is 44.9 Å². The highest BCUT2D eigenvalue weighted by Crippen LogP contribution is 2.42. The molecule has 3 aromatic rings. The maximum Gasteiger partial charge on any atom is 0.431 e. The van der Waals surface area contributed by atoms with Crippen LogP contribution >= 0.6 is 35.0 Å². The van der Waals surface area contributed by atoms with Gasteiger partial charge in [-0.25, -0.2) is 4.79 Å². The van der Waals surface area contributed by atoms with E-state index in [0.29, 0.717) is 23.4 Å². The van der Waals surface area contributed by atoms with Crippen LogP contribution in [0.1, 0.15) is 53.5 Å². The molecule has 0 spiro atoms. The zero-order valence-corrected chi connectivity index (χ0v) is 27.6. The second-order valence-corrected chi connectivity index (χ2v) is 12.7. The van der Waals surface area contributed by atoms with E-state index in [4.69, 9.17) is 37.4 Å². The fourth-order valence-electron chi connectivity index (χ4n) is 4.19. The molecule has 0 atom stereocenters. The fraction of sp³-hybridized carbons (Fsp3) is 0.367. The van der Waals surface area contributed by atoms with Crippen molar-refractivity contribution in [3.05, 3.63) is 78.7 Å². The van der Waals surface area contributed by atoms with E-state index in [0.717, 1.165) is 24.6 Å². The van der Waals surface area contributed by atoms with Gasteiger partial charge in [0.05, 0.1) is 29.8 Å². The first-order chi connectivity index (χ1) is 21.0. The number of carbonyl (C=O) groups is 2. The van der Waals surface area contributed by atoms with Gasteiger partial charge in [0, 0.05) is 29.4 Å². The quantitative estimate of drug-likeness (QED) is 0.248. The highest BCUT2D eigenvalue weighted by atomic mass is 35.5. The summed E-state index contributed by atoms with van der Waals surface area (Å²) >= 11 is 13.1. The number of pyridine rings is 1. The predicted octanol–water partition coefficient (Wildman–Crippen LogP) is 7.34. The molecular weight excluding hydrogens is 658 g/mol. The summed E-state index contributed by atoms with van der Waals surface area (Å²) < 4.78 is 54.8. The third-order valence-corrected chi connectivity index (χ3v) is 8.36. The second-order valence-electron chi connectivity index (χ2n) is 10.9. The largest absolute Gasteiger partial charge is 0.493 e. The van der Waals surface area contributed by atoms with E-state index < -0.39 is 34.7 Å². The second kappa shape index (κ2) is 14.8. The number of rotatable bonds is 7. The van der Waals surface area contributed by atoms with E-state index in [1.807, 2.05) is 0 Å². The third-order valence-electron chi connectivity index (χ3n) is 6.21. The number of benzene rings is 2. The highest BCUT2D eigenvalue weighted by Gasteiger charge is 2.33. The Bertz CT molecular complexity index is 1590. The zero-order valence-electron chi connectivity index (χ0n) is 25.3. The van der Waals surface area contributed by atoms with Gasteiger partial charge in [0.25, 0.3) is 5.56 Å². The minimum Gasteiger partial charge on any atom is -0.493 e. The van der Waals surface area contributed by atoms with Crippen LogP contribution in [0.3, 0.4) is 0 Å². The molecule has 244 valence electrons. The molecule has 15 heteroatoms. The van der Waals surface area contributed by atoms with Crippen LogP contribution < -0.4 is 20.3 Å². The fourth-order valence-corrected chi connectivity index (χ4v) is 5.89. The molecule has 2 aromatic carbocycles. The number of halogens is 5. The average molecular weight is 691 g/mol. The molecule has 0 bridgehead atoms. The van der Waals surface area contributed by atoms with Crippen molar-refractivity contribution in [1.29, 1.82) is 0 Å². The van der Waals surface area contributed by atoms with Crippen molar-refractivity contribution in [1.82, 2.24) is 15.2 Å². The van der Waals surface area contributed by atoms with Gasteiger partial charge in [0.2, 0.25) is 0 Å². The Morgan fingerprint density at radius 1 is 1.07 bits per heavy atom. The highest BCUT2D eigenvalue weighted by molar-refractivity contribution is 7.99. The number of amides is 1. The molecule has 45 heavy (non-hydrogen) atoms. The van der Waals surface area contributed by atoms with Gasteiger partial charge in [-0.05, 0) is 68.8 Å². The third kappa shape index (κ3) is 9.55. The van der Waals surface area contributed by atoms with Gasteiger partial charge in [0.15, 0.2) is 17.8 Å². The number of methoxy groups -OCH3 is 2. The minimum atomic E-state index is -4.83. The van der Waals surface area contributed by atoms with Gasteiger partial charge in [-0.2, -0.15) is 13.2 Å². The lowest BCUT2D eigenvalue weighted by Gasteiger charge is -2.20. The van der Waals surface area contributed by atoms with Crippen LogP contribution in [0.5, 0.6) is 11.5 Å². The Morgan fingerprint density at radius 3 is 2.13 bits per heavy atom. The molecule has 1 aromatic heterocycles. The minimum absolute atomic E-state index is 0.0410. The number of aldehydes is 1. The van der Waals surface area contributed by atoms with Crippen molar-refractivity contribution >= 4 is 47.3 Å². The SMILES string of the molecule is CC(C)(C)OC(=O)NCc1ccc(Cl)c(Sc2cc(C(F)(F)F)[nH]c(=O)c2C=O)c1Cl.COc1cc2c(cc1OC)CN(C)C2. The van der Waals surface area contributed by atoms with Crippen LogP contribution in [0.2, 0.25) is 10.0 Å². The number of aromatic nitrogens is 1. The summed E-state index contributed by atoms with van der Waals surface area (Å²) in [6.07, 6.45) is -5.37. The summed E-state index contributed by atoms with van der Waals surface area (Å²) in [5, 5.41) is 2.64. The number of nitrogens with one attached hydrogen (secondary N) is 2. The van der Waals surface area contributed by atoms with Gasteiger partial charge in [-0.1, -0.05) is 41.0 Å². The number of nitrogens with zero attached hydrogens (tertiary/aromatic N) is 1. The van der Waals surface area contributed by atoms with Gasteiger partial charge in [0.1, 0.15) is 11.3 Å². The van der Waals surface area contributed by atoms with Crippen molar-refractivity contribution in [2.24, 2.45) is 0 Å². The Morgan fingerprint density at radius 2 is 1.64 bits per heavy atom. The molecule has 0 saturated heterocycles. The van der Waals surface area contributed by atoms with Gasteiger partial charge in [-0.15, -0.1) is 0 Å². The number of aromatic amines is 1. The number of H-pyrrole nitrogens is 1. The lowest BCUT2D eigenvalue weighted by atomic mass is 10.1. The van der Waals surface area contributed by atoms with Crippen LogP contribution in [-0.4, -0.2) is 49.1 Å². The summed E-state index contributed by atoms with van der Waals surface area (Å²) in [5.41, 5.74) is -0.648. The first kappa shape index (κ1) is 36.1. The number of ether oxygens (including phenoxy) is 3. The predicted molar refractivity (Wildman–Crippen MR) is 166 cm³/mol. The monoisotopic (exact) mass is 689 g/mol. The first-order valence-corrected chi connectivity index (χ1v) is 14.9. The maximum absolute atomic E-state index is 13.1. The lowest BCUT2D eigenvalue weighted by Crippen LogP contribution is -2.32. The van der Waals surface area contributed by atoms with Crippen LogP contribution in [0, 0.1) is 0 Å². The van der Waals surface area contributed by atoms with E-state index in [9.17, 15) is 27.6 Å². The van der Waals surface area contributed by atoms with Crippen molar-refractivity contribution in [2.75, 3.05) is 21.3 Å². The van der Waals surface area contributed by atoms with E-state index in [2.05, 4.69) is 29.4 Å². The molecule has 9 nitrogen and oxygen atoms in total. The molecule has 2 heterocycles. The van der Waals surface area contributed by atoms with E-state index in [1.165, 1.54) is 23.3 Å². The topological polar surface area (TPSA) is 110 Å².